The van der Waals surface area contributed by atoms with Crippen LogP contribution in [0.2, 0.25) is 0 Å². The van der Waals surface area contributed by atoms with Crippen LogP contribution in [0.1, 0.15) is 43.5 Å². The van der Waals surface area contributed by atoms with Crippen molar-refractivity contribution in [1.82, 2.24) is 14.6 Å². The molecule has 2 heterocycles. The number of esters is 1. The lowest BCUT2D eigenvalue weighted by Gasteiger charge is -2.17. The van der Waals surface area contributed by atoms with Crippen LogP contribution in [0.3, 0.4) is 0 Å². The minimum absolute atomic E-state index is 0.258. The van der Waals surface area contributed by atoms with Gasteiger partial charge in [-0.2, -0.15) is 5.10 Å². The molecule has 4 aromatic rings. The fourth-order valence-corrected chi connectivity index (χ4v) is 4.27. The molecular weight excluding hydrogens is 438 g/mol. The molecule has 4 rings (SSSR count). The van der Waals surface area contributed by atoms with Crippen LogP contribution < -0.4 is 4.74 Å². The van der Waals surface area contributed by atoms with Crippen LogP contribution in [-0.4, -0.2) is 40.6 Å². The van der Waals surface area contributed by atoms with Gasteiger partial charge in [0.25, 0.3) is 0 Å². The number of nitrogens with zero attached hydrogens (tertiary/aromatic N) is 3. The molecule has 0 aliphatic carbocycles. The minimum atomic E-state index is -0.324. The van der Waals surface area contributed by atoms with E-state index in [4.69, 9.17) is 24.3 Å². The third-order valence-corrected chi connectivity index (χ3v) is 6.11. The quantitative estimate of drug-likeness (QED) is 0.216. The van der Waals surface area contributed by atoms with E-state index in [1.165, 1.54) is 11.3 Å². The average molecular weight is 466 g/mol. The Morgan fingerprint density at radius 1 is 1.12 bits per heavy atom. The van der Waals surface area contributed by atoms with Gasteiger partial charge in [-0.1, -0.05) is 48.9 Å². The van der Waals surface area contributed by atoms with E-state index >= 15 is 0 Å². The summed E-state index contributed by atoms with van der Waals surface area (Å²) in [5.74, 6) is 0.431. The monoisotopic (exact) mass is 465 g/mol. The highest BCUT2D eigenvalue weighted by atomic mass is 32.1. The van der Waals surface area contributed by atoms with Gasteiger partial charge in [0.05, 0.1) is 24.1 Å². The van der Waals surface area contributed by atoms with Crippen molar-refractivity contribution in [3.63, 3.8) is 0 Å². The van der Waals surface area contributed by atoms with Gasteiger partial charge in [-0.3, -0.25) is 0 Å². The molecule has 0 bridgehead atoms. The molecule has 172 valence electrons. The maximum atomic E-state index is 11.8. The number of methoxy groups -OCH3 is 1. The van der Waals surface area contributed by atoms with Gasteiger partial charge in [-0.15, -0.1) is 0 Å². The number of carbonyl (C=O) groups excluding carboxylic acids is 1. The zero-order valence-corrected chi connectivity index (χ0v) is 19.8. The number of hydrogen-bond donors (Lipinski definition) is 0. The van der Waals surface area contributed by atoms with E-state index in [2.05, 4.69) is 6.92 Å². The highest BCUT2D eigenvalue weighted by molar-refractivity contribution is 7.19. The van der Waals surface area contributed by atoms with Crippen molar-refractivity contribution in [3.8, 4) is 27.6 Å². The van der Waals surface area contributed by atoms with Gasteiger partial charge < -0.3 is 14.2 Å². The molecule has 0 radical (unpaired) electrons. The van der Waals surface area contributed by atoms with Gasteiger partial charge in [-0.25, -0.2) is 14.3 Å². The van der Waals surface area contributed by atoms with Gasteiger partial charge in [0.1, 0.15) is 10.8 Å². The van der Waals surface area contributed by atoms with Gasteiger partial charge >= 0.3 is 5.97 Å². The van der Waals surface area contributed by atoms with Gasteiger partial charge in [0.15, 0.2) is 6.29 Å². The predicted octanol–water partition coefficient (Wildman–Crippen LogP) is 5.84. The molecule has 0 saturated heterocycles. The van der Waals surface area contributed by atoms with Crippen LogP contribution in [0, 0.1) is 0 Å². The van der Waals surface area contributed by atoms with Crippen molar-refractivity contribution >= 4 is 22.3 Å². The summed E-state index contributed by atoms with van der Waals surface area (Å²) in [4.78, 5) is 17.3. The molecule has 7 nitrogen and oxygen atoms in total. The summed E-state index contributed by atoms with van der Waals surface area (Å²) in [5.41, 5.74) is 3.20. The second-order valence-electron chi connectivity index (χ2n) is 7.51. The molecular formula is C25H27N3O4S. The molecule has 0 fully saturated rings. The third-order valence-electron chi connectivity index (χ3n) is 5.14. The average Bonchev–Trinajstić information content (AvgIpc) is 3.42. The lowest BCUT2D eigenvalue weighted by atomic mass is 10.1. The van der Waals surface area contributed by atoms with E-state index in [1.807, 2.05) is 42.6 Å². The van der Waals surface area contributed by atoms with Crippen molar-refractivity contribution in [3.05, 3.63) is 60.3 Å². The summed E-state index contributed by atoms with van der Waals surface area (Å²) >= 11 is 1.51. The standard InChI is InChI=1S/C25H27N3O4S/c1-4-6-10-22(30-3)32-20-9-7-8-19(15-20)23-27-28-16-21(26-25(28)33-23)17-11-13-18(14-12-17)24(29)31-5-2/h7-9,11-16,22H,4-6,10H2,1-3H3. The Labute approximate surface area is 196 Å². The Morgan fingerprint density at radius 2 is 1.94 bits per heavy atom. The van der Waals surface area contributed by atoms with Crippen molar-refractivity contribution in [2.24, 2.45) is 0 Å². The van der Waals surface area contributed by atoms with Gasteiger partial charge in [0.2, 0.25) is 4.96 Å². The highest BCUT2D eigenvalue weighted by Crippen LogP contribution is 2.30. The fourth-order valence-electron chi connectivity index (χ4n) is 3.40. The van der Waals surface area contributed by atoms with E-state index in [1.54, 1.807) is 30.7 Å². The highest BCUT2D eigenvalue weighted by Gasteiger charge is 2.14. The van der Waals surface area contributed by atoms with E-state index in [-0.39, 0.29) is 12.3 Å². The SMILES string of the molecule is CCCCC(OC)Oc1cccc(-c2nn3cc(-c4ccc(C(=O)OCC)cc4)nc3s2)c1. The lowest BCUT2D eigenvalue weighted by Crippen LogP contribution is -2.18. The number of unbranched alkanes of at least 4 members (excludes halogenated alkanes) is 1. The molecule has 2 aromatic heterocycles. The summed E-state index contributed by atoms with van der Waals surface area (Å²) in [7, 11) is 1.67. The smallest absolute Gasteiger partial charge is 0.338 e. The van der Waals surface area contributed by atoms with Crippen LogP contribution in [0.5, 0.6) is 5.75 Å². The maximum Gasteiger partial charge on any atom is 0.338 e. The first kappa shape index (κ1) is 22.9. The largest absolute Gasteiger partial charge is 0.465 e. The molecule has 0 aliphatic heterocycles. The number of benzene rings is 2. The van der Waals surface area contributed by atoms with Crippen LogP contribution in [0.25, 0.3) is 26.8 Å². The molecule has 0 spiro atoms. The van der Waals surface area contributed by atoms with Crippen molar-refractivity contribution in [2.45, 2.75) is 39.4 Å². The topological polar surface area (TPSA) is 75.0 Å². The van der Waals surface area contributed by atoms with Crippen LogP contribution in [0.4, 0.5) is 0 Å². The summed E-state index contributed by atoms with van der Waals surface area (Å²) in [6, 6.07) is 15.1. The van der Waals surface area contributed by atoms with Crippen LogP contribution >= 0.6 is 11.3 Å². The molecule has 0 N–H and O–H groups in total. The van der Waals surface area contributed by atoms with Crippen molar-refractivity contribution in [2.75, 3.05) is 13.7 Å². The summed E-state index contributed by atoms with van der Waals surface area (Å²) in [6.45, 7) is 4.29. The van der Waals surface area contributed by atoms with Crippen LogP contribution in [-0.2, 0) is 9.47 Å². The Morgan fingerprint density at radius 3 is 2.64 bits per heavy atom. The summed E-state index contributed by atoms with van der Waals surface area (Å²) < 4.78 is 18.3. The number of carbonyl (C=O) groups is 1. The van der Waals surface area contributed by atoms with Crippen LogP contribution in [0.15, 0.2) is 54.7 Å². The lowest BCUT2D eigenvalue weighted by molar-refractivity contribution is -0.0591. The number of rotatable bonds is 10. The number of hydrogen-bond acceptors (Lipinski definition) is 7. The Balaban J connectivity index is 1.51. The van der Waals surface area contributed by atoms with E-state index < -0.39 is 0 Å². The van der Waals surface area contributed by atoms with E-state index in [0.29, 0.717) is 12.2 Å². The summed E-state index contributed by atoms with van der Waals surface area (Å²) in [5, 5.41) is 5.56. The second-order valence-corrected chi connectivity index (χ2v) is 8.47. The Bertz CT molecular complexity index is 1180. The molecule has 0 aliphatic rings. The number of aromatic nitrogens is 3. The first-order valence-electron chi connectivity index (χ1n) is 11.0. The van der Waals surface area contributed by atoms with Crippen molar-refractivity contribution in [1.29, 1.82) is 0 Å². The van der Waals surface area contributed by atoms with E-state index in [0.717, 1.165) is 51.8 Å². The molecule has 33 heavy (non-hydrogen) atoms. The molecule has 0 saturated carbocycles. The fraction of sp³-hybridized carbons (Fsp3) is 0.320. The predicted molar refractivity (Wildman–Crippen MR) is 129 cm³/mol. The number of ether oxygens (including phenoxy) is 3. The maximum absolute atomic E-state index is 11.8. The first-order chi connectivity index (χ1) is 16.1. The molecule has 1 atom stereocenters. The van der Waals surface area contributed by atoms with Crippen molar-refractivity contribution < 1.29 is 19.0 Å². The number of imidazole rings is 1. The van der Waals surface area contributed by atoms with Gasteiger partial charge in [-0.05, 0) is 37.6 Å². The third kappa shape index (κ3) is 5.40. The molecule has 1 unspecified atom stereocenters. The zero-order chi connectivity index (χ0) is 23.2. The minimum Gasteiger partial charge on any atom is -0.465 e. The van der Waals surface area contributed by atoms with Gasteiger partial charge in [0, 0.05) is 24.7 Å². The molecule has 2 aromatic carbocycles. The Kier molecular flexibility index (Phi) is 7.36. The zero-order valence-electron chi connectivity index (χ0n) is 19.0. The first-order valence-corrected chi connectivity index (χ1v) is 11.9. The van der Waals surface area contributed by atoms with E-state index in [9.17, 15) is 4.79 Å². The molecule has 8 heteroatoms. The normalized spacial score (nSPS) is 12.1. The number of fused-ring (bicyclic) bond motifs is 1. The molecule has 0 amide bonds. The summed E-state index contributed by atoms with van der Waals surface area (Å²) in [6.07, 6.45) is 4.63. The second kappa shape index (κ2) is 10.6. The Hall–Kier alpha value is -3.23.